The summed E-state index contributed by atoms with van der Waals surface area (Å²) in [6.45, 7) is 2.04. The van der Waals surface area contributed by atoms with Gasteiger partial charge in [-0.3, -0.25) is 4.99 Å². The summed E-state index contributed by atoms with van der Waals surface area (Å²) in [6, 6.07) is 8.66. The Morgan fingerprint density at radius 2 is 2.00 bits per heavy atom. The third-order valence-electron chi connectivity index (χ3n) is 2.89. The van der Waals surface area contributed by atoms with Crippen LogP contribution in [0, 0.1) is 0 Å². The van der Waals surface area contributed by atoms with Crippen LogP contribution in [0.5, 0.6) is 0 Å². The molecule has 3 heteroatoms. The summed E-state index contributed by atoms with van der Waals surface area (Å²) in [4.78, 5) is 4.70. The molecule has 1 N–H and O–H groups in total. The quantitative estimate of drug-likeness (QED) is 0.637. The number of aliphatic imine (C=N–C) groups is 1. The third-order valence-corrected chi connectivity index (χ3v) is 3.58. The highest BCUT2D eigenvalue weighted by Crippen LogP contribution is 2.23. The molecule has 0 aromatic heterocycles. The molecule has 0 aliphatic heterocycles. The van der Waals surface area contributed by atoms with E-state index in [9.17, 15) is 0 Å². The molecule has 0 atom stereocenters. The molecule has 1 aromatic carbocycles. The highest BCUT2D eigenvalue weighted by atomic mass is 79.9. The molecule has 2 nitrogen and oxygen atoms in total. The molecule has 0 bridgehead atoms. The van der Waals surface area contributed by atoms with Crippen LogP contribution in [0.25, 0.3) is 0 Å². The van der Waals surface area contributed by atoms with E-state index < -0.39 is 0 Å². The number of nitrogens with one attached hydrogen (secondary N) is 1. The number of anilines is 1. The second-order valence-corrected chi connectivity index (χ2v) is 5.11. The molecule has 86 valence electrons. The van der Waals surface area contributed by atoms with Gasteiger partial charge in [0.1, 0.15) is 0 Å². The highest BCUT2D eigenvalue weighted by Gasteiger charge is 2.13. The summed E-state index contributed by atoms with van der Waals surface area (Å²) in [5, 5.41) is 3.34. The van der Waals surface area contributed by atoms with Gasteiger partial charge in [-0.25, -0.2) is 0 Å². The van der Waals surface area contributed by atoms with Crippen molar-refractivity contribution in [2.24, 2.45) is 4.99 Å². The number of hydrogen-bond acceptors (Lipinski definition) is 1. The van der Waals surface area contributed by atoms with E-state index in [1.165, 1.54) is 25.7 Å². The summed E-state index contributed by atoms with van der Waals surface area (Å²) in [7, 11) is 0. The number of nitrogens with zero attached hydrogens (tertiary/aromatic N) is 1. The molecule has 0 spiro atoms. The van der Waals surface area contributed by atoms with Crippen molar-refractivity contribution in [3.8, 4) is 0 Å². The lowest BCUT2D eigenvalue weighted by atomic mass is 10.3. The first-order chi connectivity index (χ1) is 7.75. The van der Waals surface area contributed by atoms with Crippen LogP contribution in [0.2, 0.25) is 0 Å². The van der Waals surface area contributed by atoms with Crippen molar-refractivity contribution in [1.29, 1.82) is 0 Å². The van der Waals surface area contributed by atoms with Gasteiger partial charge < -0.3 is 5.32 Å². The van der Waals surface area contributed by atoms with Gasteiger partial charge in [-0.15, -0.1) is 0 Å². The fourth-order valence-electron chi connectivity index (χ4n) is 2.10. The van der Waals surface area contributed by atoms with Crippen LogP contribution < -0.4 is 5.32 Å². The summed E-state index contributed by atoms with van der Waals surface area (Å²) in [6.07, 6.45) is 5.15. The van der Waals surface area contributed by atoms with E-state index in [0.717, 1.165) is 16.0 Å². The first-order valence-corrected chi connectivity index (χ1v) is 6.61. The molecule has 0 saturated heterocycles. The molecule has 1 fully saturated rings. The molecule has 0 unspecified atom stereocenters. The van der Waals surface area contributed by atoms with Crippen LogP contribution in [-0.4, -0.2) is 11.9 Å². The van der Waals surface area contributed by atoms with Crippen molar-refractivity contribution in [2.45, 2.75) is 38.6 Å². The maximum absolute atomic E-state index is 4.70. The average Bonchev–Trinajstić information content (AvgIpc) is 2.74. The lowest BCUT2D eigenvalue weighted by Crippen LogP contribution is -2.11. The number of rotatable bonds is 2. The van der Waals surface area contributed by atoms with Crippen molar-refractivity contribution in [3.63, 3.8) is 0 Å². The molecule has 2 rings (SSSR count). The molecule has 0 amide bonds. The number of hydrogen-bond donors (Lipinski definition) is 1. The maximum Gasteiger partial charge on any atom is 0.0979 e. The van der Waals surface area contributed by atoms with Gasteiger partial charge >= 0.3 is 0 Å². The summed E-state index contributed by atoms with van der Waals surface area (Å²) < 4.78 is 1.08. The zero-order valence-electron chi connectivity index (χ0n) is 9.54. The van der Waals surface area contributed by atoms with Gasteiger partial charge in [0.05, 0.1) is 17.6 Å². The van der Waals surface area contributed by atoms with E-state index in [2.05, 4.69) is 27.3 Å². The Morgan fingerprint density at radius 3 is 2.69 bits per heavy atom. The van der Waals surface area contributed by atoms with Gasteiger partial charge in [0.25, 0.3) is 0 Å². The van der Waals surface area contributed by atoms with Gasteiger partial charge in [0.15, 0.2) is 0 Å². The lowest BCUT2D eigenvalue weighted by molar-refractivity contribution is 0.706. The predicted molar refractivity (Wildman–Crippen MR) is 73.1 cm³/mol. The minimum Gasteiger partial charge on any atom is -0.343 e. The summed E-state index contributed by atoms with van der Waals surface area (Å²) in [5.74, 6) is 1.01. The summed E-state index contributed by atoms with van der Waals surface area (Å²) in [5.41, 5.74) is 1.08. The first-order valence-electron chi connectivity index (χ1n) is 5.81. The molecule has 1 saturated carbocycles. The second-order valence-electron chi connectivity index (χ2n) is 4.26. The fraction of sp³-hybridized carbons (Fsp3) is 0.462. The zero-order chi connectivity index (χ0) is 11.4. The van der Waals surface area contributed by atoms with E-state index >= 15 is 0 Å². The predicted octanol–water partition coefficient (Wildman–Crippen LogP) is 4.22. The summed E-state index contributed by atoms with van der Waals surface area (Å²) >= 11 is 3.52. The molecule has 16 heavy (non-hydrogen) atoms. The Labute approximate surface area is 105 Å². The highest BCUT2D eigenvalue weighted by molar-refractivity contribution is 9.10. The minimum atomic E-state index is 0.537. The first kappa shape index (κ1) is 11.6. The molecule has 0 heterocycles. The van der Waals surface area contributed by atoms with Crippen molar-refractivity contribution in [3.05, 3.63) is 28.7 Å². The SMILES string of the molecule is CC(=NC1CCCC1)Nc1ccccc1Br. The van der Waals surface area contributed by atoms with Gasteiger partial charge in [-0.2, -0.15) is 0 Å². The Morgan fingerprint density at radius 1 is 1.31 bits per heavy atom. The second kappa shape index (κ2) is 5.48. The van der Waals surface area contributed by atoms with Gasteiger partial charge in [-0.1, -0.05) is 25.0 Å². The number of amidine groups is 1. The lowest BCUT2D eigenvalue weighted by Gasteiger charge is -2.10. The smallest absolute Gasteiger partial charge is 0.0979 e. The van der Waals surface area contributed by atoms with E-state index in [1.54, 1.807) is 0 Å². The number of halogens is 1. The van der Waals surface area contributed by atoms with Crippen molar-refractivity contribution in [1.82, 2.24) is 0 Å². The monoisotopic (exact) mass is 280 g/mol. The Kier molecular flexibility index (Phi) is 3.99. The molecule has 1 aliphatic carbocycles. The third kappa shape index (κ3) is 3.08. The van der Waals surface area contributed by atoms with Gasteiger partial charge in [-0.05, 0) is 47.8 Å². The van der Waals surface area contributed by atoms with Crippen molar-refractivity contribution in [2.75, 3.05) is 5.32 Å². The molecule has 1 aromatic rings. The number of para-hydroxylation sites is 1. The molecule has 0 radical (unpaired) electrons. The Hall–Kier alpha value is -0.830. The number of benzene rings is 1. The molecule has 1 aliphatic rings. The fourth-order valence-corrected chi connectivity index (χ4v) is 2.48. The minimum absolute atomic E-state index is 0.537. The normalized spacial score (nSPS) is 17.8. The van der Waals surface area contributed by atoms with Crippen LogP contribution in [0.3, 0.4) is 0 Å². The topological polar surface area (TPSA) is 24.4 Å². The van der Waals surface area contributed by atoms with Crippen molar-refractivity contribution >= 4 is 27.5 Å². The van der Waals surface area contributed by atoms with Crippen LogP contribution in [0.4, 0.5) is 5.69 Å². The standard InChI is InChI=1S/C13H17BrN2/c1-10(15-11-6-2-3-7-11)16-13-9-5-4-8-12(13)14/h4-5,8-9,11H,2-3,6-7H2,1H3,(H,15,16). The maximum atomic E-state index is 4.70. The van der Waals surface area contributed by atoms with Gasteiger partial charge in [0, 0.05) is 4.47 Å². The molecular formula is C13H17BrN2. The largest absolute Gasteiger partial charge is 0.343 e. The van der Waals surface area contributed by atoms with Crippen LogP contribution in [-0.2, 0) is 0 Å². The Bertz CT molecular complexity index is 381. The zero-order valence-corrected chi connectivity index (χ0v) is 11.1. The van der Waals surface area contributed by atoms with Gasteiger partial charge in [0.2, 0.25) is 0 Å². The van der Waals surface area contributed by atoms with Crippen LogP contribution in [0.1, 0.15) is 32.6 Å². The van der Waals surface area contributed by atoms with E-state index in [1.807, 2.05) is 25.1 Å². The Balaban J connectivity index is 2.01. The van der Waals surface area contributed by atoms with E-state index in [4.69, 9.17) is 4.99 Å². The average molecular weight is 281 g/mol. The van der Waals surface area contributed by atoms with Crippen LogP contribution in [0.15, 0.2) is 33.7 Å². The van der Waals surface area contributed by atoms with E-state index in [-0.39, 0.29) is 0 Å². The molecular weight excluding hydrogens is 264 g/mol. The van der Waals surface area contributed by atoms with Crippen molar-refractivity contribution < 1.29 is 0 Å². The van der Waals surface area contributed by atoms with Crippen LogP contribution >= 0.6 is 15.9 Å². The van der Waals surface area contributed by atoms with E-state index in [0.29, 0.717) is 6.04 Å².